The second-order valence-corrected chi connectivity index (χ2v) is 4.34. The van der Waals surface area contributed by atoms with Crippen LogP contribution in [0, 0.1) is 0 Å². The number of carbonyl (C=O) groups excluding carboxylic acids is 1. The monoisotopic (exact) mass is 236 g/mol. The highest BCUT2D eigenvalue weighted by Gasteiger charge is 2.28. The van der Waals surface area contributed by atoms with Crippen molar-refractivity contribution < 1.29 is 27.2 Å². The molecule has 0 aromatic rings. The van der Waals surface area contributed by atoms with Crippen LogP contribution in [0.2, 0.25) is 0 Å². The van der Waals surface area contributed by atoms with Crippen molar-refractivity contribution in [3.8, 4) is 0 Å². The summed E-state index contributed by atoms with van der Waals surface area (Å²) in [5, 5.41) is 0. The maximum absolute atomic E-state index is 11.3. The van der Waals surface area contributed by atoms with Gasteiger partial charge in [-0.3, -0.25) is 4.55 Å². The first-order valence-electron chi connectivity index (χ1n) is 4.41. The smallest absolute Gasteiger partial charge is 0.335 e. The number of carbonyl (C=O) groups is 1. The first-order valence-corrected chi connectivity index (χ1v) is 5.85. The Kier molecular flexibility index (Phi) is 3.83. The number of hydrogen-bond donors (Lipinski definition) is 1. The summed E-state index contributed by atoms with van der Waals surface area (Å²) in [6.07, 6.45) is 0.133. The number of rotatable bonds is 3. The van der Waals surface area contributed by atoms with Crippen LogP contribution in [0.4, 0.5) is 0 Å². The van der Waals surface area contributed by atoms with E-state index in [-0.39, 0.29) is 31.8 Å². The van der Waals surface area contributed by atoms with E-state index in [0.29, 0.717) is 0 Å². The molecule has 0 aromatic carbocycles. The Morgan fingerprint density at radius 1 is 1.60 bits per heavy atom. The van der Waals surface area contributed by atoms with Gasteiger partial charge < -0.3 is 9.47 Å². The molecule has 0 unspecified atom stereocenters. The van der Waals surface area contributed by atoms with Crippen molar-refractivity contribution in [3.63, 3.8) is 0 Å². The van der Waals surface area contributed by atoms with Crippen molar-refractivity contribution in [3.05, 3.63) is 10.5 Å². The molecule has 1 rings (SSSR count). The first-order chi connectivity index (χ1) is 6.96. The second kappa shape index (κ2) is 4.73. The van der Waals surface area contributed by atoms with Crippen LogP contribution in [-0.2, 0) is 24.4 Å². The van der Waals surface area contributed by atoms with E-state index < -0.39 is 21.0 Å². The molecule has 1 N–H and O–H groups in total. The minimum absolute atomic E-state index is 0.0226. The predicted molar refractivity (Wildman–Crippen MR) is 50.6 cm³/mol. The van der Waals surface area contributed by atoms with E-state index in [0.717, 1.165) is 0 Å². The van der Waals surface area contributed by atoms with Gasteiger partial charge in [0.15, 0.2) is 0 Å². The molecule has 7 heteroatoms. The van der Waals surface area contributed by atoms with E-state index in [9.17, 15) is 13.2 Å². The van der Waals surface area contributed by atoms with Gasteiger partial charge in [0.05, 0.1) is 25.4 Å². The third-order valence-corrected chi connectivity index (χ3v) is 2.89. The van der Waals surface area contributed by atoms with Crippen LogP contribution in [0.1, 0.15) is 13.3 Å². The fourth-order valence-corrected chi connectivity index (χ4v) is 1.96. The molecule has 6 nitrogen and oxygen atoms in total. The molecule has 1 heterocycles. The Bertz CT molecular complexity index is 380. The van der Waals surface area contributed by atoms with Crippen LogP contribution in [0.3, 0.4) is 0 Å². The molecule has 1 aliphatic heterocycles. The average molecular weight is 236 g/mol. The Morgan fingerprint density at radius 3 is 2.80 bits per heavy atom. The van der Waals surface area contributed by atoms with Gasteiger partial charge in [-0.25, -0.2) is 4.79 Å². The number of ether oxygens (including phenoxy) is 2. The van der Waals surface area contributed by atoms with Gasteiger partial charge in [0, 0.05) is 6.42 Å². The summed E-state index contributed by atoms with van der Waals surface area (Å²) in [4.78, 5) is 10.9. The molecule has 0 radical (unpaired) electrons. The van der Waals surface area contributed by atoms with Crippen LogP contribution in [-0.4, -0.2) is 38.8 Å². The second-order valence-electron chi connectivity index (χ2n) is 2.90. The van der Waals surface area contributed by atoms with Crippen LogP contribution < -0.4 is 0 Å². The summed E-state index contributed by atoms with van der Waals surface area (Å²) in [7, 11) is -4.38. The van der Waals surface area contributed by atoms with E-state index >= 15 is 0 Å². The van der Waals surface area contributed by atoms with Crippen molar-refractivity contribution in [1.82, 2.24) is 0 Å². The zero-order valence-electron chi connectivity index (χ0n) is 8.23. The average Bonchev–Trinajstić information content (AvgIpc) is 2.17. The molecule has 0 amide bonds. The van der Waals surface area contributed by atoms with Gasteiger partial charge in [0.25, 0.3) is 10.1 Å². The molecule has 15 heavy (non-hydrogen) atoms. The molecule has 0 saturated carbocycles. The number of esters is 1. The summed E-state index contributed by atoms with van der Waals surface area (Å²) in [5.41, 5.74) is -0.0226. The molecular weight excluding hydrogens is 224 g/mol. The molecule has 0 spiro atoms. The van der Waals surface area contributed by atoms with E-state index in [1.807, 2.05) is 0 Å². The zero-order chi connectivity index (χ0) is 11.5. The minimum Gasteiger partial charge on any atom is -0.463 e. The van der Waals surface area contributed by atoms with Gasteiger partial charge in [0.1, 0.15) is 4.91 Å². The van der Waals surface area contributed by atoms with Gasteiger partial charge in [-0.2, -0.15) is 8.42 Å². The van der Waals surface area contributed by atoms with E-state index in [1.165, 1.54) is 0 Å². The Balaban J connectivity index is 3.07. The van der Waals surface area contributed by atoms with Gasteiger partial charge >= 0.3 is 5.97 Å². The van der Waals surface area contributed by atoms with Crippen molar-refractivity contribution >= 4 is 16.1 Å². The van der Waals surface area contributed by atoms with Gasteiger partial charge in [-0.05, 0) is 6.92 Å². The molecule has 86 valence electrons. The van der Waals surface area contributed by atoms with Crippen LogP contribution in [0.25, 0.3) is 0 Å². The Morgan fingerprint density at radius 2 is 2.27 bits per heavy atom. The highest BCUT2D eigenvalue weighted by Crippen LogP contribution is 2.21. The maximum atomic E-state index is 11.3. The molecule has 0 aromatic heterocycles. The number of hydrogen-bond acceptors (Lipinski definition) is 5. The van der Waals surface area contributed by atoms with Crippen LogP contribution in [0.15, 0.2) is 10.5 Å². The topological polar surface area (TPSA) is 89.9 Å². The summed E-state index contributed by atoms with van der Waals surface area (Å²) in [6, 6.07) is 0. The fraction of sp³-hybridized carbons (Fsp3) is 0.625. The predicted octanol–water partition coefficient (Wildman–Crippen LogP) is 0.112. The van der Waals surface area contributed by atoms with E-state index in [2.05, 4.69) is 4.74 Å². The zero-order valence-corrected chi connectivity index (χ0v) is 9.04. The lowest BCUT2D eigenvalue weighted by molar-refractivity contribution is -0.139. The third-order valence-electron chi connectivity index (χ3n) is 1.90. The van der Waals surface area contributed by atoms with Crippen LogP contribution in [0.5, 0.6) is 0 Å². The molecule has 0 atom stereocenters. The van der Waals surface area contributed by atoms with E-state index in [1.54, 1.807) is 6.92 Å². The van der Waals surface area contributed by atoms with Crippen molar-refractivity contribution in [2.24, 2.45) is 0 Å². The summed E-state index contributed by atoms with van der Waals surface area (Å²) < 4.78 is 40.2. The molecule has 1 aliphatic rings. The van der Waals surface area contributed by atoms with Crippen LogP contribution >= 0.6 is 0 Å². The van der Waals surface area contributed by atoms with Gasteiger partial charge in [-0.1, -0.05) is 0 Å². The maximum Gasteiger partial charge on any atom is 0.335 e. The lowest BCUT2D eigenvalue weighted by Gasteiger charge is -2.17. The van der Waals surface area contributed by atoms with Crippen molar-refractivity contribution in [1.29, 1.82) is 0 Å². The highest BCUT2D eigenvalue weighted by molar-refractivity contribution is 7.89. The standard InChI is InChI=1S/C8H12O6S/c1-2-14-8(9)6-3-4-13-5-7(6)15(10,11)12/h2-5H2,1H3,(H,10,11,12). The molecule has 0 saturated heterocycles. The SMILES string of the molecule is CCOC(=O)C1=C(S(=O)(=O)O)COCC1. The lowest BCUT2D eigenvalue weighted by Crippen LogP contribution is -2.23. The van der Waals surface area contributed by atoms with Gasteiger partial charge in [0.2, 0.25) is 0 Å². The van der Waals surface area contributed by atoms with Crippen molar-refractivity contribution in [2.75, 3.05) is 19.8 Å². The van der Waals surface area contributed by atoms with Gasteiger partial charge in [-0.15, -0.1) is 0 Å². The molecular formula is C8H12O6S. The largest absolute Gasteiger partial charge is 0.463 e. The first kappa shape index (κ1) is 12.2. The minimum atomic E-state index is -4.38. The lowest BCUT2D eigenvalue weighted by atomic mass is 10.1. The Hall–Kier alpha value is -0.920. The highest BCUT2D eigenvalue weighted by atomic mass is 32.2. The molecule has 0 aliphatic carbocycles. The molecule has 0 bridgehead atoms. The fourth-order valence-electron chi connectivity index (χ4n) is 1.23. The third kappa shape index (κ3) is 3.01. The summed E-state index contributed by atoms with van der Waals surface area (Å²) in [5.74, 6) is -0.714. The normalized spacial score (nSPS) is 17.7. The molecule has 0 fully saturated rings. The van der Waals surface area contributed by atoms with Crippen molar-refractivity contribution in [2.45, 2.75) is 13.3 Å². The summed E-state index contributed by atoms with van der Waals surface area (Å²) in [6.45, 7) is 1.73. The van der Waals surface area contributed by atoms with E-state index in [4.69, 9.17) is 9.29 Å². The Labute approximate surface area is 87.6 Å². The summed E-state index contributed by atoms with van der Waals surface area (Å²) >= 11 is 0. The quantitative estimate of drug-likeness (QED) is 0.552.